The summed E-state index contributed by atoms with van der Waals surface area (Å²) < 4.78 is 0. The molecule has 0 aliphatic carbocycles. The van der Waals surface area contributed by atoms with E-state index in [9.17, 15) is 0 Å². The molecule has 0 saturated carbocycles. The van der Waals surface area contributed by atoms with Gasteiger partial charge in [0.2, 0.25) is 0 Å². The predicted octanol–water partition coefficient (Wildman–Crippen LogP) is 28.5. The smallest absolute Gasteiger partial charge is 0.0567 e. The predicted molar refractivity (Wildman–Crippen MR) is 454 cm³/mol. The molecule has 0 aliphatic heterocycles. The first-order chi connectivity index (χ1) is 52.3. The van der Waals surface area contributed by atoms with E-state index in [1.807, 2.05) is 0 Å². The van der Waals surface area contributed by atoms with Crippen molar-refractivity contribution in [3.8, 4) is 66.8 Å². The van der Waals surface area contributed by atoms with Crippen LogP contribution in [0.1, 0.15) is 0 Å². The minimum Gasteiger partial charge on any atom is -0.345 e. The highest BCUT2D eigenvalue weighted by Gasteiger charge is 2.19. The molecule has 0 spiro atoms. The summed E-state index contributed by atoms with van der Waals surface area (Å²) in [6.45, 7) is 0. The van der Waals surface area contributed by atoms with Gasteiger partial charge in [0.05, 0.1) is 5.69 Å². The van der Waals surface area contributed by atoms with Gasteiger partial charge in [0.1, 0.15) is 0 Å². The molecule has 0 bridgehead atoms. The lowest BCUT2D eigenvalue weighted by Gasteiger charge is -2.26. The Morgan fingerprint density at radius 2 is 0.349 bits per heavy atom. The van der Waals surface area contributed by atoms with Crippen molar-refractivity contribution >= 4 is 100.0 Å². The van der Waals surface area contributed by atoms with Crippen molar-refractivity contribution in [3.05, 3.63) is 425 Å². The van der Waals surface area contributed by atoms with Gasteiger partial charge in [0.25, 0.3) is 0 Å². The summed E-state index contributed by atoms with van der Waals surface area (Å²) in [5.41, 5.74) is 25.7. The number of hydrogen-bond donors (Lipinski definition) is 0. The zero-order valence-corrected chi connectivity index (χ0v) is 59.2. The van der Waals surface area contributed by atoms with Gasteiger partial charge in [-0.25, -0.2) is 0 Å². The Bertz CT molecular complexity index is 5790. The molecule has 0 N–H and O–H groups in total. The molecule has 4 nitrogen and oxygen atoms in total. The highest BCUT2D eigenvalue weighted by molar-refractivity contribution is 6.12. The molecule has 0 fully saturated rings. The van der Waals surface area contributed by atoms with E-state index in [0.717, 1.165) is 45.5 Å². The van der Waals surface area contributed by atoms with E-state index in [2.05, 4.69) is 458 Å². The number of benzene rings is 18. The number of rotatable bonds is 16. The number of fused-ring (bicyclic) bond motifs is 4. The second-order valence-electron chi connectivity index (χ2n) is 27.0. The third kappa shape index (κ3) is 13.8. The first kappa shape index (κ1) is 65.5. The Hall–Kier alpha value is -13.8. The topological polar surface area (TPSA) is 13.0 Å². The number of anilines is 10. The largest absolute Gasteiger partial charge is 0.345 e. The van der Waals surface area contributed by atoms with Crippen molar-refractivity contribution in [2.24, 2.45) is 0 Å². The third-order valence-electron chi connectivity index (χ3n) is 20.5. The summed E-state index contributed by atoms with van der Waals surface area (Å²) in [5, 5.41) is 10.0. The minimum atomic E-state index is 1.10. The van der Waals surface area contributed by atoms with Gasteiger partial charge in [-0.15, -0.1) is 0 Å². The monoisotopic (exact) mass is 1360 g/mol. The standard InChI is InChI=1S/2C51H38N2/c1-52(51-49-18-10-8-16-43(49)36-44-17-9-11-19-50(44)51)45-28-20-41(21-29-45)42-26-34-48(35-27-42)53(46-30-22-39(23-31-46)37-12-4-2-5-13-37)47-32-24-40(25-33-47)38-14-6-3-7-15-38;1-52(51-33-24-45-34-43-14-8-9-15-44(43)35-46(45)36-51)47-25-16-41(17-26-47)42-22-31-50(32-23-42)53(48-27-18-39(19-28-48)37-10-4-2-5-11-37)49-29-20-40(21-30-49)38-12-6-3-7-13-38/h2*2-36H,1H3. The summed E-state index contributed by atoms with van der Waals surface area (Å²) in [4.78, 5) is 9.24. The van der Waals surface area contributed by atoms with Crippen LogP contribution in [0.5, 0.6) is 0 Å². The molecule has 0 saturated heterocycles. The maximum absolute atomic E-state index is 2.33. The van der Waals surface area contributed by atoms with Crippen LogP contribution in [0.4, 0.5) is 56.9 Å². The maximum Gasteiger partial charge on any atom is 0.0567 e. The minimum absolute atomic E-state index is 1.10. The molecule has 18 rings (SSSR count). The van der Waals surface area contributed by atoms with Gasteiger partial charge in [-0.3, -0.25) is 0 Å². The molecule has 0 amide bonds. The molecule has 0 atom stereocenters. The average molecular weight is 1360 g/mol. The van der Waals surface area contributed by atoms with Gasteiger partial charge >= 0.3 is 0 Å². The van der Waals surface area contributed by atoms with E-state index >= 15 is 0 Å². The van der Waals surface area contributed by atoms with Gasteiger partial charge in [-0.05, 0) is 226 Å². The van der Waals surface area contributed by atoms with E-state index < -0.39 is 0 Å². The lowest BCUT2D eigenvalue weighted by atomic mass is 9.99. The molecule has 0 heterocycles. The Morgan fingerprint density at radius 3 is 0.651 bits per heavy atom. The van der Waals surface area contributed by atoms with Crippen LogP contribution >= 0.6 is 0 Å². The van der Waals surface area contributed by atoms with Crippen molar-refractivity contribution in [1.29, 1.82) is 0 Å². The van der Waals surface area contributed by atoms with Crippen molar-refractivity contribution in [3.63, 3.8) is 0 Å². The zero-order chi connectivity index (χ0) is 71.1. The number of hydrogen-bond acceptors (Lipinski definition) is 4. The summed E-state index contributed by atoms with van der Waals surface area (Å²) in [6, 6.07) is 153. The fourth-order valence-corrected chi connectivity index (χ4v) is 14.8. The zero-order valence-electron chi connectivity index (χ0n) is 59.2. The maximum atomic E-state index is 2.33. The second kappa shape index (κ2) is 29.6. The highest BCUT2D eigenvalue weighted by Crippen LogP contribution is 2.43. The van der Waals surface area contributed by atoms with Crippen LogP contribution in [0.3, 0.4) is 0 Å². The van der Waals surface area contributed by atoms with Crippen LogP contribution in [0, 0.1) is 0 Å². The first-order valence-electron chi connectivity index (χ1n) is 36.3. The Balaban J connectivity index is 0.000000156. The summed E-state index contributed by atoms with van der Waals surface area (Å²) in [6.07, 6.45) is 0. The second-order valence-corrected chi connectivity index (χ2v) is 27.0. The van der Waals surface area contributed by atoms with Crippen LogP contribution in [-0.4, -0.2) is 14.1 Å². The quantitative estimate of drug-likeness (QED) is 0.0894. The molecule has 504 valence electrons. The van der Waals surface area contributed by atoms with Gasteiger partial charge in [-0.1, -0.05) is 297 Å². The van der Waals surface area contributed by atoms with Crippen LogP contribution in [0.15, 0.2) is 425 Å². The lowest BCUT2D eigenvalue weighted by molar-refractivity contribution is 1.21. The molecule has 0 radical (unpaired) electrons. The summed E-state index contributed by atoms with van der Waals surface area (Å²) in [7, 11) is 4.31. The molecule has 0 unspecified atom stereocenters. The lowest BCUT2D eigenvalue weighted by Crippen LogP contribution is -2.10. The van der Waals surface area contributed by atoms with E-state index in [-0.39, 0.29) is 0 Å². The molecule has 0 aliphatic rings. The molecular weight excluding hydrogens is 1280 g/mol. The molecule has 18 aromatic rings. The third-order valence-corrected chi connectivity index (χ3v) is 20.5. The molecule has 4 heteroatoms. The van der Waals surface area contributed by atoms with E-state index in [0.29, 0.717) is 0 Å². The highest BCUT2D eigenvalue weighted by atomic mass is 15.1. The molecule has 18 aromatic carbocycles. The van der Waals surface area contributed by atoms with E-state index in [4.69, 9.17) is 0 Å². The Labute approximate surface area is 621 Å². The Morgan fingerprint density at radius 1 is 0.142 bits per heavy atom. The van der Waals surface area contributed by atoms with E-state index in [1.165, 1.54) is 121 Å². The average Bonchev–Trinajstić information content (AvgIpc) is 0.772. The van der Waals surface area contributed by atoms with Crippen molar-refractivity contribution in [2.45, 2.75) is 0 Å². The molecule has 106 heavy (non-hydrogen) atoms. The summed E-state index contributed by atoms with van der Waals surface area (Å²) >= 11 is 0. The molecule has 0 aromatic heterocycles. The van der Waals surface area contributed by atoms with Gasteiger partial charge in [-0.2, -0.15) is 0 Å². The SMILES string of the molecule is CN(c1ccc(-c2ccc(N(c3ccc(-c4ccccc4)cc3)c3ccc(-c4ccccc4)cc3)cc2)cc1)c1c2ccccc2cc2ccccc12.CN(c1ccc(-c2ccc(N(c3ccc(-c4ccccc4)cc3)c3ccc(-c4ccccc4)cc3)cc2)cc1)c1ccc2cc3ccccc3cc2c1. The van der Waals surface area contributed by atoms with Crippen molar-refractivity contribution in [1.82, 2.24) is 0 Å². The number of nitrogens with zero attached hydrogens (tertiary/aromatic N) is 4. The Kier molecular flexibility index (Phi) is 18.3. The molecular formula is C102H76N4. The van der Waals surface area contributed by atoms with Crippen molar-refractivity contribution in [2.75, 3.05) is 33.7 Å². The van der Waals surface area contributed by atoms with Crippen LogP contribution in [-0.2, 0) is 0 Å². The van der Waals surface area contributed by atoms with Crippen LogP contribution in [0.25, 0.3) is 110 Å². The summed E-state index contributed by atoms with van der Waals surface area (Å²) in [5.74, 6) is 0. The van der Waals surface area contributed by atoms with Crippen molar-refractivity contribution < 1.29 is 0 Å². The fourth-order valence-electron chi connectivity index (χ4n) is 14.8. The normalized spacial score (nSPS) is 11.1. The van der Waals surface area contributed by atoms with Crippen LogP contribution in [0.2, 0.25) is 0 Å². The fraction of sp³-hybridized carbons (Fsp3) is 0.0196. The van der Waals surface area contributed by atoms with E-state index in [1.54, 1.807) is 0 Å². The van der Waals surface area contributed by atoms with Gasteiger partial charge < -0.3 is 19.6 Å². The van der Waals surface area contributed by atoms with Gasteiger partial charge in [0, 0.05) is 76.1 Å². The van der Waals surface area contributed by atoms with Crippen LogP contribution < -0.4 is 19.6 Å². The first-order valence-corrected chi connectivity index (χ1v) is 36.3. The van der Waals surface area contributed by atoms with Gasteiger partial charge in [0.15, 0.2) is 0 Å².